The van der Waals surface area contributed by atoms with E-state index in [9.17, 15) is 19.7 Å². The van der Waals surface area contributed by atoms with Crippen LogP contribution in [-0.4, -0.2) is 50.4 Å². The molecule has 0 unspecified atom stereocenters. The van der Waals surface area contributed by atoms with Gasteiger partial charge in [-0.1, -0.05) is 31.2 Å². The molecule has 0 saturated carbocycles. The minimum atomic E-state index is -0.900. The normalized spacial score (nSPS) is 14.9. The Bertz CT molecular complexity index is 1270. The van der Waals surface area contributed by atoms with Gasteiger partial charge in [0.25, 0.3) is 5.69 Å². The molecular weight excluding hydrogens is 516 g/mol. The molecule has 0 fully saturated rings. The average molecular weight is 553 g/mol. The number of nitro groups is 1. The van der Waals surface area contributed by atoms with E-state index in [1.54, 1.807) is 19.9 Å². The number of non-ortho nitro benzene ring substituents is 1. The maximum absolute atomic E-state index is 13.3. The van der Waals surface area contributed by atoms with E-state index in [1.807, 2.05) is 24.3 Å². The molecule has 2 aromatic carbocycles. The van der Waals surface area contributed by atoms with Gasteiger partial charge in [-0.05, 0) is 49.9 Å². The number of dihydropyridines is 1. The Kier molecular flexibility index (Phi) is 11.3. The summed E-state index contributed by atoms with van der Waals surface area (Å²) in [5.41, 5.74) is 2.77. The first-order chi connectivity index (χ1) is 19.3. The summed E-state index contributed by atoms with van der Waals surface area (Å²) in [5, 5.41) is 14.5. The van der Waals surface area contributed by atoms with Crippen molar-refractivity contribution in [1.29, 1.82) is 0 Å². The molecule has 1 aliphatic heterocycles. The van der Waals surface area contributed by atoms with E-state index >= 15 is 0 Å². The number of carbonyl (C=O) groups is 2. The zero-order valence-corrected chi connectivity index (χ0v) is 23.4. The molecule has 0 aromatic heterocycles. The standard InChI is InChI=1S/C30H36N2O8/c1-5-15-38-18-14-22-10-12-25(13-11-22)39-16-7-17-40-30(34)27-21(3)31-20(2)26(29(33)37-4)28(27)23-8-6-9-24(19-23)32(35)36/h6,8-13,19,28,31H,5,7,14-18H2,1-4H3/t28-/m0/s1. The topological polar surface area (TPSA) is 126 Å². The molecule has 1 aliphatic rings. The zero-order chi connectivity index (χ0) is 29.1. The first kappa shape index (κ1) is 30.4. The molecule has 3 rings (SSSR count). The van der Waals surface area contributed by atoms with Gasteiger partial charge in [0.2, 0.25) is 0 Å². The highest BCUT2D eigenvalue weighted by Gasteiger charge is 2.38. The minimum absolute atomic E-state index is 0.0837. The van der Waals surface area contributed by atoms with Gasteiger partial charge in [0.05, 0.1) is 48.9 Å². The fourth-order valence-electron chi connectivity index (χ4n) is 4.48. The minimum Gasteiger partial charge on any atom is -0.493 e. The molecule has 40 heavy (non-hydrogen) atoms. The van der Waals surface area contributed by atoms with Gasteiger partial charge in [-0.2, -0.15) is 0 Å². The van der Waals surface area contributed by atoms with Crippen molar-refractivity contribution in [3.63, 3.8) is 0 Å². The van der Waals surface area contributed by atoms with Crippen molar-refractivity contribution in [2.45, 2.75) is 46.0 Å². The van der Waals surface area contributed by atoms with Crippen molar-refractivity contribution < 1.29 is 33.5 Å². The summed E-state index contributed by atoms with van der Waals surface area (Å²) in [4.78, 5) is 36.9. The van der Waals surface area contributed by atoms with Gasteiger partial charge in [0, 0.05) is 36.6 Å². The number of benzene rings is 2. The Balaban J connectivity index is 1.64. The summed E-state index contributed by atoms with van der Waals surface area (Å²) in [6.45, 7) is 7.33. The molecule has 0 bridgehead atoms. The van der Waals surface area contributed by atoms with Crippen LogP contribution in [0, 0.1) is 10.1 Å². The second kappa shape index (κ2) is 14.8. The van der Waals surface area contributed by atoms with Crippen LogP contribution in [-0.2, 0) is 30.2 Å². The van der Waals surface area contributed by atoms with Gasteiger partial charge < -0.3 is 24.3 Å². The molecule has 10 nitrogen and oxygen atoms in total. The molecule has 1 atom stereocenters. The van der Waals surface area contributed by atoms with Crippen molar-refractivity contribution in [3.05, 3.63) is 92.3 Å². The lowest BCUT2D eigenvalue weighted by atomic mass is 9.80. The summed E-state index contributed by atoms with van der Waals surface area (Å²) < 4.78 is 21.8. The number of nitrogens with zero attached hydrogens (tertiary/aromatic N) is 1. The number of nitro benzene ring substituents is 1. The van der Waals surface area contributed by atoms with Gasteiger partial charge >= 0.3 is 11.9 Å². The van der Waals surface area contributed by atoms with Crippen molar-refractivity contribution in [1.82, 2.24) is 5.32 Å². The van der Waals surface area contributed by atoms with Crippen LogP contribution in [0.4, 0.5) is 5.69 Å². The molecular formula is C30H36N2O8. The summed E-state index contributed by atoms with van der Waals surface area (Å²) in [7, 11) is 1.24. The monoisotopic (exact) mass is 552 g/mol. The molecule has 214 valence electrons. The van der Waals surface area contributed by atoms with Gasteiger partial charge in [0.1, 0.15) is 5.75 Å². The number of allylic oxidation sites excluding steroid dienone is 2. The fourth-order valence-corrected chi connectivity index (χ4v) is 4.48. The van der Waals surface area contributed by atoms with Gasteiger partial charge in [-0.25, -0.2) is 9.59 Å². The largest absolute Gasteiger partial charge is 0.493 e. The van der Waals surface area contributed by atoms with Crippen LogP contribution in [0.3, 0.4) is 0 Å². The van der Waals surface area contributed by atoms with Crippen LogP contribution in [0.5, 0.6) is 5.75 Å². The van der Waals surface area contributed by atoms with E-state index in [1.165, 1.54) is 25.3 Å². The lowest BCUT2D eigenvalue weighted by Crippen LogP contribution is -2.32. The van der Waals surface area contributed by atoms with Gasteiger partial charge in [0.15, 0.2) is 0 Å². The molecule has 0 spiro atoms. The smallest absolute Gasteiger partial charge is 0.336 e. The first-order valence-electron chi connectivity index (χ1n) is 13.2. The van der Waals surface area contributed by atoms with Crippen LogP contribution in [0.25, 0.3) is 0 Å². The predicted molar refractivity (Wildman–Crippen MR) is 149 cm³/mol. The molecule has 0 saturated heterocycles. The van der Waals surface area contributed by atoms with E-state index in [0.717, 1.165) is 25.0 Å². The van der Waals surface area contributed by atoms with Crippen LogP contribution in [0.15, 0.2) is 71.1 Å². The Hall–Kier alpha value is -4.18. The second-order valence-corrected chi connectivity index (χ2v) is 9.32. The second-order valence-electron chi connectivity index (χ2n) is 9.32. The summed E-state index contributed by atoms with van der Waals surface area (Å²) in [6, 6.07) is 13.6. The zero-order valence-electron chi connectivity index (χ0n) is 23.4. The Morgan fingerprint density at radius 2 is 1.65 bits per heavy atom. The Labute approximate surface area is 234 Å². The molecule has 0 aliphatic carbocycles. The lowest BCUT2D eigenvalue weighted by molar-refractivity contribution is -0.384. The van der Waals surface area contributed by atoms with Crippen LogP contribution >= 0.6 is 0 Å². The summed E-state index contributed by atoms with van der Waals surface area (Å²) in [5.74, 6) is -1.46. The van der Waals surface area contributed by atoms with Crippen LogP contribution in [0.1, 0.15) is 50.7 Å². The Morgan fingerprint density at radius 3 is 2.30 bits per heavy atom. The quantitative estimate of drug-likeness (QED) is 0.149. The van der Waals surface area contributed by atoms with Crippen molar-refractivity contribution in [2.24, 2.45) is 0 Å². The van der Waals surface area contributed by atoms with Crippen molar-refractivity contribution in [2.75, 3.05) is 33.5 Å². The van der Waals surface area contributed by atoms with E-state index < -0.39 is 22.8 Å². The molecule has 1 heterocycles. The highest BCUT2D eigenvalue weighted by atomic mass is 16.6. The number of rotatable bonds is 14. The first-order valence-corrected chi connectivity index (χ1v) is 13.2. The third-order valence-corrected chi connectivity index (χ3v) is 6.40. The summed E-state index contributed by atoms with van der Waals surface area (Å²) in [6.07, 6.45) is 2.28. The lowest BCUT2D eigenvalue weighted by Gasteiger charge is -2.30. The highest BCUT2D eigenvalue weighted by molar-refractivity contribution is 5.99. The van der Waals surface area contributed by atoms with E-state index in [4.69, 9.17) is 18.9 Å². The maximum Gasteiger partial charge on any atom is 0.336 e. The number of hydrogen-bond acceptors (Lipinski definition) is 9. The molecule has 10 heteroatoms. The summed E-state index contributed by atoms with van der Waals surface area (Å²) >= 11 is 0. The third-order valence-electron chi connectivity index (χ3n) is 6.40. The van der Waals surface area contributed by atoms with E-state index in [2.05, 4.69) is 12.2 Å². The number of carbonyl (C=O) groups excluding carboxylic acids is 2. The number of ether oxygens (including phenoxy) is 4. The van der Waals surface area contributed by atoms with Crippen molar-refractivity contribution >= 4 is 17.6 Å². The SMILES string of the molecule is CCCOCCc1ccc(OCCCOC(=O)C2=C(C)NC(C)=C(C(=O)OC)[C@@H]2c2cccc([N+](=O)[O-])c2)cc1. The number of esters is 2. The predicted octanol–water partition coefficient (Wildman–Crippen LogP) is 4.98. The van der Waals surface area contributed by atoms with Gasteiger partial charge in [-0.3, -0.25) is 10.1 Å². The number of nitrogens with one attached hydrogen (secondary N) is 1. The van der Waals surface area contributed by atoms with Gasteiger partial charge in [-0.15, -0.1) is 0 Å². The average Bonchev–Trinajstić information content (AvgIpc) is 2.95. The third kappa shape index (κ3) is 7.92. The number of hydrogen-bond donors (Lipinski definition) is 1. The molecule has 1 N–H and O–H groups in total. The molecule has 0 amide bonds. The van der Waals surface area contributed by atoms with E-state index in [0.29, 0.717) is 42.3 Å². The molecule has 0 radical (unpaired) electrons. The fraction of sp³-hybridized carbons (Fsp3) is 0.400. The van der Waals surface area contributed by atoms with Crippen molar-refractivity contribution in [3.8, 4) is 5.75 Å². The molecule has 2 aromatic rings. The van der Waals surface area contributed by atoms with Crippen LogP contribution < -0.4 is 10.1 Å². The van der Waals surface area contributed by atoms with Crippen LogP contribution in [0.2, 0.25) is 0 Å². The van der Waals surface area contributed by atoms with E-state index in [-0.39, 0.29) is 23.4 Å². The highest BCUT2D eigenvalue weighted by Crippen LogP contribution is 2.40. The maximum atomic E-state index is 13.3. The Morgan fingerprint density at radius 1 is 0.950 bits per heavy atom. The number of methoxy groups -OCH3 is 1.